The van der Waals surface area contributed by atoms with Gasteiger partial charge < -0.3 is 9.55 Å². The summed E-state index contributed by atoms with van der Waals surface area (Å²) < 4.78 is 29.1. The second kappa shape index (κ2) is 4.75. The van der Waals surface area contributed by atoms with Crippen LogP contribution in [0.3, 0.4) is 0 Å². The van der Waals surface area contributed by atoms with E-state index in [0.29, 0.717) is 21.8 Å². The first-order valence-corrected chi connectivity index (χ1v) is 6.32. The van der Waals surface area contributed by atoms with Crippen LogP contribution in [0, 0.1) is 23.3 Å². The van der Waals surface area contributed by atoms with Crippen LogP contribution < -0.4 is 0 Å². The average molecular weight is 292 g/mol. The normalized spacial score (nSPS) is 11.2. The van der Waals surface area contributed by atoms with E-state index in [0.717, 1.165) is 6.07 Å². The number of aromatic nitrogens is 4. The third kappa shape index (κ3) is 2.09. The fourth-order valence-corrected chi connectivity index (χ4v) is 2.36. The zero-order chi connectivity index (χ0) is 14.3. The lowest BCUT2D eigenvalue weighted by Gasteiger charge is -2.05. The Kier molecular flexibility index (Phi) is 3.06. The highest BCUT2D eigenvalue weighted by molar-refractivity contribution is 7.71. The first-order valence-electron chi connectivity index (χ1n) is 5.91. The van der Waals surface area contributed by atoms with E-state index in [2.05, 4.69) is 15.0 Å². The van der Waals surface area contributed by atoms with Gasteiger partial charge in [-0.25, -0.2) is 18.7 Å². The number of aryl methyl sites for hydroxylation is 1. The number of benzene rings is 1. The van der Waals surface area contributed by atoms with Gasteiger partial charge in [0.25, 0.3) is 0 Å². The van der Waals surface area contributed by atoms with Gasteiger partial charge in [0.05, 0.1) is 17.8 Å². The number of fused-ring (bicyclic) bond motifs is 1. The van der Waals surface area contributed by atoms with Crippen molar-refractivity contribution in [3.8, 4) is 0 Å². The van der Waals surface area contributed by atoms with Crippen LogP contribution in [0.4, 0.5) is 8.78 Å². The number of nitrogens with zero attached hydrogens (tertiary/aromatic N) is 3. The molecule has 7 heteroatoms. The molecule has 3 rings (SSSR count). The third-order valence-corrected chi connectivity index (χ3v) is 3.30. The zero-order valence-corrected chi connectivity index (χ0v) is 11.3. The molecule has 0 aliphatic heterocycles. The van der Waals surface area contributed by atoms with E-state index in [9.17, 15) is 8.78 Å². The maximum Gasteiger partial charge on any atom is 0.184 e. The van der Waals surface area contributed by atoms with Crippen LogP contribution in [0.5, 0.6) is 0 Å². The van der Waals surface area contributed by atoms with Gasteiger partial charge >= 0.3 is 0 Å². The van der Waals surface area contributed by atoms with Crippen LogP contribution in [0.25, 0.3) is 11.0 Å². The number of nitrogens with one attached hydrogen (secondary N) is 1. The summed E-state index contributed by atoms with van der Waals surface area (Å²) in [6, 6.07) is 4.25. The molecule has 0 atom stereocenters. The van der Waals surface area contributed by atoms with Crippen LogP contribution in [0.2, 0.25) is 0 Å². The number of rotatable bonds is 2. The molecule has 0 saturated heterocycles. The molecule has 0 radical (unpaired) electrons. The molecule has 0 aliphatic carbocycles. The minimum absolute atomic E-state index is 0.117. The molecule has 1 aromatic carbocycles. The average Bonchev–Trinajstić information content (AvgIpc) is 2.72. The first-order chi connectivity index (χ1) is 9.56. The van der Waals surface area contributed by atoms with Gasteiger partial charge in [-0.05, 0) is 37.3 Å². The van der Waals surface area contributed by atoms with Gasteiger partial charge in [0.1, 0.15) is 11.3 Å². The fourth-order valence-electron chi connectivity index (χ4n) is 2.09. The molecule has 0 spiro atoms. The van der Waals surface area contributed by atoms with E-state index >= 15 is 0 Å². The summed E-state index contributed by atoms with van der Waals surface area (Å²) in [6.45, 7) is 2.01. The molecule has 20 heavy (non-hydrogen) atoms. The second-order valence-electron chi connectivity index (χ2n) is 4.37. The van der Waals surface area contributed by atoms with Crippen molar-refractivity contribution in [2.75, 3.05) is 0 Å². The second-order valence-corrected chi connectivity index (χ2v) is 4.76. The van der Waals surface area contributed by atoms with Gasteiger partial charge in [0.15, 0.2) is 16.4 Å². The Morgan fingerprint density at radius 1 is 1.30 bits per heavy atom. The van der Waals surface area contributed by atoms with E-state index in [-0.39, 0.29) is 12.1 Å². The molecular weight excluding hydrogens is 282 g/mol. The number of H-pyrrole nitrogens is 1. The minimum atomic E-state index is -0.916. The first kappa shape index (κ1) is 12.9. The molecule has 0 saturated carbocycles. The van der Waals surface area contributed by atoms with Crippen LogP contribution in [-0.4, -0.2) is 19.5 Å². The van der Waals surface area contributed by atoms with Crippen molar-refractivity contribution in [1.82, 2.24) is 19.5 Å². The molecule has 1 N–H and O–H groups in total. The molecule has 0 amide bonds. The van der Waals surface area contributed by atoms with Gasteiger partial charge in [-0.3, -0.25) is 0 Å². The van der Waals surface area contributed by atoms with Gasteiger partial charge in [-0.15, -0.1) is 0 Å². The highest BCUT2D eigenvalue weighted by Crippen LogP contribution is 2.21. The summed E-state index contributed by atoms with van der Waals surface area (Å²) in [5, 5.41) is 0. The van der Waals surface area contributed by atoms with E-state index in [1.54, 1.807) is 19.2 Å². The monoisotopic (exact) mass is 292 g/mol. The van der Waals surface area contributed by atoms with E-state index < -0.39 is 11.6 Å². The van der Waals surface area contributed by atoms with Crippen molar-refractivity contribution in [3.05, 3.63) is 52.3 Å². The molecule has 0 bridgehead atoms. The number of imidazole rings is 1. The minimum Gasteiger partial charge on any atom is -0.330 e. The van der Waals surface area contributed by atoms with Crippen molar-refractivity contribution < 1.29 is 8.78 Å². The summed E-state index contributed by atoms with van der Waals surface area (Å²) in [5.41, 5.74) is 1.25. The largest absolute Gasteiger partial charge is 0.330 e. The van der Waals surface area contributed by atoms with Gasteiger partial charge in [-0.1, -0.05) is 0 Å². The number of hydrogen-bond acceptors (Lipinski definition) is 3. The highest BCUT2D eigenvalue weighted by Gasteiger charge is 2.14. The van der Waals surface area contributed by atoms with Crippen LogP contribution >= 0.6 is 12.2 Å². The lowest BCUT2D eigenvalue weighted by molar-refractivity contribution is 0.512. The highest BCUT2D eigenvalue weighted by atomic mass is 32.1. The van der Waals surface area contributed by atoms with Crippen molar-refractivity contribution in [2.45, 2.75) is 13.5 Å². The topological polar surface area (TPSA) is 46.5 Å². The predicted octanol–water partition coefficient (Wildman–Crippen LogP) is 3.12. The van der Waals surface area contributed by atoms with Gasteiger partial charge in [0.2, 0.25) is 0 Å². The van der Waals surface area contributed by atoms with Crippen LogP contribution in [-0.2, 0) is 6.54 Å². The smallest absolute Gasteiger partial charge is 0.184 e. The Morgan fingerprint density at radius 2 is 2.10 bits per heavy atom. The van der Waals surface area contributed by atoms with Crippen molar-refractivity contribution in [1.29, 1.82) is 0 Å². The molecule has 0 aliphatic rings. The van der Waals surface area contributed by atoms with Crippen molar-refractivity contribution in [2.24, 2.45) is 0 Å². The Balaban J connectivity index is 2.18. The molecule has 3 aromatic rings. The summed E-state index contributed by atoms with van der Waals surface area (Å²) in [5.74, 6) is -1.21. The standard InChI is InChI=1S/C13H10F2N4S/c1-7-16-5-4-8(17-7)6-19-12-10(18-13(19)20)3-2-9(14)11(12)15/h2-5H,6H2,1H3,(H,18,20). The Labute approximate surface area is 118 Å². The molecule has 4 nitrogen and oxygen atoms in total. The lowest BCUT2D eigenvalue weighted by Crippen LogP contribution is -2.05. The SMILES string of the molecule is Cc1nccc(Cn2c(=S)[nH]c3ccc(F)c(F)c32)n1. The number of hydrogen-bond donors (Lipinski definition) is 1. The van der Waals surface area contributed by atoms with Crippen LogP contribution in [0.1, 0.15) is 11.5 Å². The molecule has 2 heterocycles. The number of halogens is 2. The van der Waals surface area contributed by atoms with Crippen molar-refractivity contribution in [3.63, 3.8) is 0 Å². The molecular formula is C13H10F2N4S. The molecule has 2 aromatic heterocycles. The summed E-state index contributed by atoms with van der Waals surface area (Å²) >= 11 is 5.16. The van der Waals surface area contributed by atoms with Gasteiger partial charge in [-0.2, -0.15) is 0 Å². The Morgan fingerprint density at radius 3 is 2.85 bits per heavy atom. The molecule has 0 unspecified atom stereocenters. The fraction of sp³-hybridized carbons (Fsp3) is 0.154. The summed E-state index contributed by atoms with van der Waals surface area (Å²) in [6.07, 6.45) is 1.62. The molecule has 102 valence electrons. The van der Waals surface area contributed by atoms with Crippen LogP contribution in [0.15, 0.2) is 24.4 Å². The summed E-state index contributed by atoms with van der Waals surface area (Å²) in [7, 11) is 0. The quantitative estimate of drug-likeness (QED) is 0.738. The lowest BCUT2D eigenvalue weighted by atomic mass is 10.3. The Bertz CT molecular complexity index is 853. The Hall–Kier alpha value is -2.15. The maximum atomic E-state index is 14.0. The van der Waals surface area contributed by atoms with Crippen molar-refractivity contribution >= 4 is 23.3 Å². The van der Waals surface area contributed by atoms with E-state index in [4.69, 9.17) is 12.2 Å². The van der Waals surface area contributed by atoms with E-state index in [1.807, 2.05) is 0 Å². The zero-order valence-electron chi connectivity index (χ0n) is 10.5. The number of aromatic amines is 1. The van der Waals surface area contributed by atoms with Gasteiger partial charge in [0, 0.05) is 6.20 Å². The van der Waals surface area contributed by atoms with E-state index in [1.165, 1.54) is 10.6 Å². The summed E-state index contributed by atoms with van der Waals surface area (Å²) in [4.78, 5) is 11.1. The predicted molar refractivity (Wildman–Crippen MR) is 72.9 cm³/mol. The molecule has 0 fully saturated rings. The maximum absolute atomic E-state index is 14.0. The third-order valence-electron chi connectivity index (χ3n) is 2.98.